The lowest BCUT2D eigenvalue weighted by Crippen LogP contribution is -2.55. The van der Waals surface area contributed by atoms with Crippen molar-refractivity contribution in [3.05, 3.63) is 33.8 Å². The third-order valence-corrected chi connectivity index (χ3v) is 4.33. The fourth-order valence-corrected chi connectivity index (χ4v) is 2.06. The van der Waals surface area contributed by atoms with Gasteiger partial charge >= 0.3 is 6.18 Å². The lowest BCUT2D eigenvalue weighted by atomic mass is 9.88. The van der Waals surface area contributed by atoms with Crippen LogP contribution in [0.1, 0.15) is 36.7 Å². The van der Waals surface area contributed by atoms with E-state index in [-0.39, 0.29) is 18.0 Å². The monoisotopic (exact) mass is 366 g/mol. The van der Waals surface area contributed by atoms with Crippen LogP contribution in [0.3, 0.4) is 0 Å². The van der Waals surface area contributed by atoms with E-state index < -0.39 is 23.2 Å². The van der Waals surface area contributed by atoms with Gasteiger partial charge in [0.2, 0.25) is 0 Å². The second-order valence-electron chi connectivity index (χ2n) is 5.42. The Kier molecular flexibility index (Phi) is 5.44. The summed E-state index contributed by atoms with van der Waals surface area (Å²) < 4.78 is 38.5. The van der Waals surface area contributed by atoms with Gasteiger partial charge in [-0.05, 0) is 47.0 Å². The van der Waals surface area contributed by atoms with Crippen LogP contribution >= 0.6 is 15.9 Å². The third-order valence-electron chi connectivity index (χ3n) is 3.64. The molecule has 0 radical (unpaired) electrons. The van der Waals surface area contributed by atoms with Crippen molar-refractivity contribution in [1.82, 2.24) is 5.32 Å². The van der Waals surface area contributed by atoms with E-state index >= 15 is 0 Å². The number of halogens is 4. The number of carbonyl (C=O) groups is 1. The Labute approximate surface area is 130 Å². The van der Waals surface area contributed by atoms with Crippen LogP contribution in [0.5, 0.6) is 0 Å². The third kappa shape index (κ3) is 4.20. The lowest BCUT2D eigenvalue weighted by molar-refractivity contribution is -0.137. The first kappa shape index (κ1) is 18.0. The van der Waals surface area contributed by atoms with Gasteiger partial charge in [-0.2, -0.15) is 13.2 Å². The van der Waals surface area contributed by atoms with Crippen LogP contribution in [-0.4, -0.2) is 18.0 Å². The number of amides is 1. The Morgan fingerprint density at radius 2 is 1.95 bits per heavy atom. The Bertz CT molecular complexity index is 531. The molecule has 3 nitrogen and oxygen atoms in total. The van der Waals surface area contributed by atoms with Crippen molar-refractivity contribution in [2.45, 2.75) is 32.5 Å². The number of rotatable bonds is 4. The number of alkyl halides is 3. The van der Waals surface area contributed by atoms with E-state index in [1.54, 1.807) is 6.92 Å². The van der Waals surface area contributed by atoms with Crippen LogP contribution < -0.4 is 11.1 Å². The first-order chi connectivity index (χ1) is 9.51. The summed E-state index contributed by atoms with van der Waals surface area (Å²) in [6.07, 6.45) is -4.50. The minimum Gasteiger partial charge on any atom is -0.345 e. The Balaban J connectivity index is 3.13. The Morgan fingerprint density at radius 3 is 2.38 bits per heavy atom. The highest BCUT2D eigenvalue weighted by Gasteiger charge is 2.33. The van der Waals surface area contributed by atoms with Crippen molar-refractivity contribution in [3.63, 3.8) is 0 Å². The van der Waals surface area contributed by atoms with Crippen LogP contribution in [-0.2, 0) is 6.18 Å². The average Bonchev–Trinajstić information content (AvgIpc) is 2.37. The van der Waals surface area contributed by atoms with E-state index in [4.69, 9.17) is 5.73 Å². The molecule has 1 rings (SSSR count). The summed E-state index contributed by atoms with van der Waals surface area (Å²) in [7, 11) is 0. The number of nitrogens with two attached hydrogens (primary N) is 1. The predicted octanol–water partition coefficient (Wildman–Crippen LogP) is 3.57. The molecule has 1 unspecified atom stereocenters. The second-order valence-corrected chi connectivity index (χ2v) is 6.28. The summed E-state index contributed by atoms with van der Waals surface area (Å²) in [5.41, 5.74) is 4.04. The molecule has 0 saturated carbocycles. The molecule has 0 aliphatic rings. The summed E-state index contributed by atoms with van der Waals surface area (Å²) in [5, 5.41) is 2.72. The molecule has 1 aromatic carbocycles. The van der Waals surface area contributed by atoms with Crippen LogP contribution in [0.25, 0.3) is 0 Å². The van der Waals surface area contributed by atoms with E-state index in [0.29, 0.717) is 4.47 Å². The molecule has 0 spiro atoms. The lowest BCUT2D eigenvalue weighted by Gasteiger charge is -2.33. The van der Waals surface area contributed by atoms with Crippen LogP contribution in [0.15, 0.2) is 22.7 Å². The van der Waals surface area contributed by atoms with Crippen molar-refractivity contribution in [3.8, 4) is 0 Å². The van der Waals surface area contributed by atoms with E-state index in [9.17, 15) is 18.0 Å². The number of carbonyl (C=O) groups excluding carboxylic acids is 1. The molecule has 0 aromatic heterocycles. The predicted molar refractivity (Wildman–Crippen MR) is 78.9 cm³/mol. The van der Waals surface area contributed by atoms with E-state index in [0.717, 1.165) is 12.1 Å². The van der Waals surface area contributed by atoms with Gasteiger partial charge in [0.1, 0.15) is 0 Å². The van der Waals surface area contributed by atoms with Gasteiger partial charge in [-0.25, -0.2) is 0 Å². The van der Waals surface area contributed by atoms with E-state index in [2.05, 4.69) is 21.2 Å². The molecule has 7 heteroatoms. The normalized spacial score (nSPS) is 14.9. The molecule has 1 aromatic rings. The molecule has 21 heavy (non-hydrogen) atoms. The SMILES string of the molecule is CC(C)C(C)(CN)NC(=O)c1cc(C(F)(F)F)ccc1Br. The summed E-state index contributed by atoms with van der Waals surface area (Å²) in [5.74, 6) is -0.550. The second kappa shape index (κ2) is 6.36. The van der Waals surface area contributed by atoms with Crippen molar-refractivity contribution in [2.75, 3.05) is 6.54 Å². The maximum absolute atomic E-state index is 12.7. The molecular weight excluding hydrogens is 349 g/mol. The van der Waals surface area contributed by atoms with Gasteiger partial charge in [0, 0.05) is 11.0 Å². The largest absolute Gasteiger partial charge is 0.416 e. The van der Waals surface area contributed by atoms with Crippen LogP contribution in [0, 0.1) is 5.92 Å². The highest BCUT2D eigenvalue weighted by molar-refractivity contribution is 9.10. The van der Waals surface area contributed by atoms with Gasteiger partial charge in [0.05, 0.1) is 16.7 Å². The van der Waals surface area contributed by atoms with E-state index in [1.165, 1.54) is 6.07 Å². The van der Waals surface area contributed by atoms with E-state index in [1.807, 2.05) is 13.8 Å². The summed E-state index contributed by atoms with van der Waals surface area (Å²) >= 11 is 3.10. The van der Waals surface area contributed by atoms with Crippen LogP contribution in [0.4, 0.5) is 13.2 Å². The van der Waals surface area contributed by atoms with Crippen LogP contribution in [0.2, 0.25) is 0 Å². The molecule has 3 N–H and O–H groups in total. The van der Waals surface area contributed by atoms with Gasteiger partial charge in [0.25, 0.3) is 5.91 Å². The average molecular weight is 367 g/mol. The van der Waals surface area contributed by atoms with Gasteiger partial charge in [-0.15, -0.1) is 0 Å². The summed E-state index contributed by atoms with van der Waals surface area (Å²) in [6.45, 7) is 5.71. The minimum atomic E-state index is -4.50. The first-order valence-corrected chi connectivity index (χ1v) is 7.20. The molecule has 0 aliphatic heterocycles. The van der Waals surface area contributed by atoms with Gasteiger partial charge < -0.3 is 11.1 Å². The van der Waals surface area contributed by atoms with Gasteiger partial charge in [0.15, 0.2) is 0 Å². The van der Waals surface area contributed by atoms with Gasteiger partial charge in [-0.3, -0.25) is 4.79 Å². The zero-order chi connectivity index (χ0) is 16.4. The maximum Gasteiger partial charge on any atom is 0.416 e. The highest BCUT2D eigenvalue weighted by Crippen LogP contribution is 2.32. The van der Waals surface area contributed by atoms with Gasteiger partial charge in [-0.1, -0.05) is 13.8 Å². The van der Waals surface area contributed by atoms with Crippen molar-refractivity contribution in [1.29, 1.82) is 0 Å². The molecule has 1 atom stereocenters. The Morgan fingerprint density at radius 1 is 1.38 bits per heavy atom. The van der Waals surface area contributed by atoms with Crippen molar-refractivity contribution >= 4 is 21.8 Å². The molecule has 0 fully saturated rings. The molecule has 0 saturated heterocycles. The zero-order valence-electron chi connectivity index (χ0n) is 12.0. The topological polar surface area (TPSA) is 55.1 Å². The molecule has 0 bridgehead atoms. The molecule has 0 aliphatic carbocycles. The van der Waals surface area contributed by atoms with Crippen molar-refractivity contribution in [2.24, 2.45) is 11.7 Å². The quantitative estimate of drug-likeness (QED) is 0.855. The number of hydrogen-bond acceptors (Lipinski definition) is 2. The molecule has 0 heterocycles. The number of benzene rings is 1. The Hall–Kier alpha value is -1.08. The molecular formula is C14H18BrF3N2O. The number of hydrogen-bond donors (Lipinski definition) is 2. The highest BCUT2D eigenvalue weighted by atomic mass is 79.9. The molecule has 118 valence electrons. The fraction of sp³-hybridized carbons (Fsp3) is 0.500. The smallest absolute Gasteiger partial charge is 0.345 e. The first-order valence-electron chi connectivity index (χ1n) is 6.40. The molecule has 1 amide bonds. The standard InChI is InChI=1S/C14H18BrF3N2O/c1-8(2)13(3,7-19)20-12(21)10-6-9(14(16,17)18)4-5-11(10)15/h4-6,8H,7,19H2,1-3H3,(H,20,21). The summed E-state index contributed by atoms with van der Waals surface area (Å²) in [4.78, 5) is 12.3. The maximum atomic E-state index is 12.7. The van der Waals surface area contributed by atoms with Crippen molar-refractivity contribution < 1.29 is 18.0 Å². The summed E-state index contributed by atoms with van der Waals surface area (Å²) in [6, 6.07) is 2.97. The number of nitrogens with one attached hydrogen (secondary N) is 1. The minimum absolute atomic E-state index is 0.0380. The zero-order valence-corrected chi connectivity index (χ0v) is 13.6. The fourth-order valence-electron chi connectivity index (χ4n) is 1.63.